The Labute approximate surface area is 192 Å². The summed E-state index contributed by atoms with van der Waals surface area (Å²) >= 11 is 1.48. The van der Waals surface area contributed by atoms with Crippen LogP contribution in [-0.2, 0) is 14.4 Å². The maximum Gasteiger partial charge on any atom is 0.263 e. The van der Waals surface area contributed by atoms with Crippen LogP contribution < -0.4 is 19.9 Å². The summed E-state index contributed by atoms with van der Waals surface area (Å²) in [6, 6.07) is 14.8. The third-order valence-corrected chi connectivity index (χ3v) is 6.85. The van der Waals surface area contributed by atoms with Gasteiger partial charge in [-0.2, -0.15) is 0 Å². The molecule has 0 bridgehead atoms. The monoisotopic (exact) mass is 453 g/mol. The molecule has 0 radical (unpaired) electrons. The molecule has 0 spiro atoms. The standard InChI is InChI=1S/C24H27N3O4S/c1-3-16(4-2)25-24(30)20-13-26(17-9-5-7-11-19(17)31-20)22(28)14-27-18-10-6-8-12-21(18)32-15-23(27)29/h5-12,16,20H,3-4,13-15H2,1-2H3,(H,25,30). The van der Waals surface area contributed by atoms with Gasteiger partial charge in [-0.1, -0.05) is 38.1 Å². The van der Waals surface area contributed by atoms with Crippen molar-refractivity contribution in [2.24, 2.45) is 0 Å². The number of anilines is 2. The smallest absolute Gasteiger partial charge is 0.263 e. The fourth-order valence-electron chi connectivity index (χ4n) is 3.94. The molecule has 7 nitrogen and oxygen atoms in total. The minimum atomic E-state index is -0.811. The molecule has 0 aliphatic carbocycles. The van der Waals surface area contributed by atoms with Crippen molar-refractivity contribution in [2.45, 2.75) is 43.7 Å². The maximum atomic E-state index is 13.4. The molecular weight excluding hydrogens is 426 g/mol. The summed E-state index contributed by atoms with van der Waals surface area (Å²) in [6.07, 6.45) is 0.833. The lowest BCUT2D eigenvalue weighted by Gasteiger charge is -2.36. The zero-order valence-electron chi connectivity index (χ0n) is 18.2. The van der Waals surface area contributed by atoms with Gasteiger partial charge >= 0.3 is 0 Å². The Hall–Kier alpha value is -3.00. The van der Waals surface area contributed by atoms with E-state index in [-0.39, 0.29) is 36.9 Å². The highest BCUT2D eigenvalue weighted by Crippen LogP contribution is 2.36. The molecule has 0 aromatic heterocycles. The van der Waals surface area contributed by atoms with Crippen LogP contribution in [0.5, 0.6) is 5.75 Å². The molecule has 3 amide bonds. The van der Waals surface area contributed by atoms with Crippen LogP contribution in [0.4, 0.5) is 11.4 Å². The number of benzene rings is 2. The van der Waals surface area contributed by atoms with Gasteiger partial charge in [-0.3, -0.25) is 14.4 Å². The fraction of sp³-hybridized carbons (Fsp3) is 0.375. The van der Waals surface area contributed by atoms with Crippen molar-refractivity contribution in [3.05, 3.63) is 48.5 Å². The van der Waals surface area contributed by atoms with Crippen LogP contribution in [0.3, 0.4) is 0 Å². The fourth-order valence-corrected chi connectivity index (χ4v) is 4.88. The first-order valence-electron chi connectivity index (χ1n) is 10.9. The van der Waals surface area contributed by atoms with E-state index in [1.54, 1.807) is 17.0 Å². The molecule has 1 unspecified atom stereocenters. The summed E-state index contributed by atoms with van der Waals surface area (Å²) in [5.74, 6) is 0.187. The van der Waals surface area contributed by atoms with Crippen LogP contribution in [-0.4, -0.2) is 48.7 Å². The molecule has 2 heterocycles. The Morgan fingerprint density at radius 1 is 1.09 bits per heavy atom. The molecule has 2 aromatic carbocycles. The number of nitrogens with zero attached hydrogens (tertiary/aromatic N) is 2. The van der Waals surface area contributed by atoms with E-state index in [9.17, 15) is 14.4 Å². The van der Waals surface area contributed by atoms with Crippen LogP contribution in [0.15, 0.2) is 53.4 Å². The number of fused-ring (bicyclic) bond motifs is 2. The van der Waals surface area contributed by atoms with E-state index in [2.05, 4.69) is 5.32 Å². The van der Waals surface area contributed by atoms with Gasteiger partial charge in [0, 0.05) is 10.9 Å². The molecule has 32 heavy (non-hydrogen) atoms. The molecule has 2 aromatic rings. The van der Waals surface area contributed by atoms with E-state index >= 15 is 0 Å². The molecule has 1 atom stereocenters. The number of hydrogen-bond acceptors (Lipinski definition) is 5. The SMILES string of the molecule is CCC(CC)NC(=O)C1CN(C(=O)CN2C(=O)CSc3ccccc32)c2ccccc2O1. The molecule has 0 saturated carbocycles. The Bertz CT molecular complexity index is 1020. The van der Waals surface area contributed by atoms with E-state index in [0.29, 0.717) is 17.2 Å². The van der Waals surface area contributed by atoms with Crippen molar-refractivity contribution in [3.63, 3.8) is 0 Å². The molecule has 0 saturated heterocycles. The molecule has 2 aliphatic rings. The Balaban J connectivity index is 1.57. The normalized spacial score (nSPS) is 17.5. The van der Waals surface area contributed by atoms with Crippen molar-refractivity contribution >= 4 is 40.9 Å². The lowest BCUT2D eigenvalue weighted by molar-refractivity contribution is -0.129. The van der Waals surface area contributed by atoms with Gasteiger partial charge in [0.1, 0.15) is 12.3 Å². The molecule has 1 N–H and O–H groups in total. The number of ether oxygens (including phenoxy) is 1. The second-order valence-corrected chi connectivity index (χ2v) is 8.85. The highest BCUT2D eigenvalue weighted by atomic mass is 32.2. The zero-order valence-corrected chi connectivity index (χ0v) is 19.1. The Morgan fingerprint density at radius 2 is 1.78 bits per heavy atom. The van der Waals surface area contributed by atoms with Crippen molar-refractivity contribution in [1.29, 1.82) is 0 Å². The van der Waals surface area contributed by atoms with Crippen molar-refractivity contribution in [2.75, 3.05) is 28.6 Å². The van der Waals surface area contributed by atoms with E-state index in [1.165, 1.54) is 16.7 Å². The highest BCUT2D eigenvalue weighted by Gasteiger charge is 2.36. The lowest BCUT2D eigenvalue weighted by atomic mass is 10.1. The first-order valence-corrected chi connectivity index (χ1v) is 11.9. The second-order valence-electron chi connectivity index (χ2n) is 7.84. The number of para-hydroxylation sites is 3. The molecule has 2 aliphatic heterocycles. The quantitative estimate of drug-likeness (QED) is 0.727. The average Bonchev–Trinajstić information content (AvgIpc) is 2.83. The number of nitrogens with one attached hydrogen (secondary N) is 1. The van der Waals surface area contributed by atoms with Gasteiger partial charge < -0.3 is 19.9 Å². The van der Waals surface area contributed by atoms with Gasteiger partial charge in [0.05, 0.1) is 23.7 Å². The van der Waals surface area contributed by atoms with Crippen LogP contribution >= 0.6 is 11.8 Å². The summed E-state index contributed by atoms with van der Waals surface area (Å²) in [5, 5.41) is 3.01. The predicted molar refractivity (Wildman–Crippen MR) is 125 cm³/mol. The largest absolute Gasteiger partial charge is 0.477 e. The van der Waals surface area contributed by atoms with E-state index in [4.69, 9.17) is 4.74 Å². The Morgan fingerprint density at radius 3 is 2.53 bits per heavy atom. The van der Waals surface area contributed by atoms with Crippen molar-refractivity contribution in [1.82, 2.24) is 5.32 Å². The van der Waals surface area contributed by atoms with E-state index in [0.717, 1.165) is 23.4 Å². The molecule has 168 valence electrons. The molecule has 8 heteroatoms. The van der Waals surface area contributed by atoms with Gasteiger partial charge in [-0.05, 0) is 37.1 Å². The summed E-state index contributed by atoms with van der Waals surface area (Å²) < 4.78 is 5.94. The number of carbonyl (C=O) groups excluding carboxylic acids is 3. The van der Waals surface area contributed by atoms with Crippen LogP contribution in [0.25, 0.3) is 0 Å². The van der Waals surface area contributed by atoms with Crippen LogP contribution in [0.1, 0.15) is 26.7 Å². The van der Waals surface area contributed by atoms with Gasteiger partial charge in [0.2, 0.25) is 11.8 Å². The van der Waals surface area contributed by atoms with Crippen LogP contribution in [0.2, 0.25) is 0 Å². The molecule has 0 fully saturated rings. The summed E-state index contributed by atoms with van der Waals surface area (Å²) in [5.41, 5.74) is 1.35. The Kier molecular flexibility index (Phi) is 6.69. The van der Waals surface area contributed by atoms with Gasteiger partial charge in [0.25, 0.3) is 5.91 Å². The maximum absolute atomic E-state index is 13.4. The minimum absolute atomic E-state index is 0.0624. The third kappa shape index (κ3) is 4.46. The number of amides is 3. The third-order valence-electron chi connectivity index (χ3n) is 5.80. The first-order chi connectivity index (χ1) is 15.5. The number of thioether (sulfide) groups is 1. The molecular formula is C24H27N3O4S. The van der Waals surface area contributed by atoms with Gasteiger partial charge in [0.15, 0.2) is 6.10 Å². The topological polar surface area (TPSA) is 79.0 Å². The number of rotatable bonds is 6. The summed E-state index contributed by atoms with van der Waals surface area (Å²) in [4.78, 5) is 43.0. The summed E-state index contributed by atoms with van der Waals surface area (Å²) in [7, 11) is 0. The predicted octanol–water partition coefficient (Wildman–Crippen LogP) is 3.22. The van der Waals surface area contributed by atoms with Gasteiger partial charge in [-0.15, -0.1) is 11.8 Å². The minimum Gasteiger partial charge on any atom is -0.477 e. The average molecular weight is 454 g/mol. The first kappa shape index (κ1) is 22.2. The highest BCUT2D eigenvalue weighted by molar-refractivity contribution is 8.00. The van der Waals surface area contributed by atoms with Gasteiger partial charge in [-0.25, -0.2) is 0 Å². The van der Waals surface area contributed by atoms with Crippen molar-refractivity contribution in [3.8, 4) is 5.75 Å². The van der Waals surface area contributed by atoms with E-state index < -0.39 is 6.10 Å². The number of carbonyl (C=O) groups is 3. The van der Waals surface area contributed by atoms with Crippen molar-refractivity contribution < 1.29 is 19.1 Å². The molecule has 4 rings (SSSR count). The van der Waals surface area contributed by atoms with Crippen LogP contribution in [0, 0.1) is 0 Å². The lowest BCUT2D eigenvalue weighted by Crippen LogP contribution is -2.54. The summed E-state index contributed by atoms with van der Waals surface area (Å²) in [6.45, 7) is 4.05. The zero-order chi connectivity index (χ0) is 22.7. The number of hydrogen-bond donors (Lipinski definition) is 1. The second kappa shape index (κ2) is 9.65. The van der Waals surface area contributed by atoms with E-state index in [1.807, 2.05) is 50.2 Å².